The van der Waals surface area contributed by atoms with Crippen molar-refractivity contribution in [3.63, 3.8) is 0 Å². The maximum absolute atomic E-state index is 5.52. The summed E-state index contributed by atoms with van der Waals surface area (Å²) in [5.74, 6) is 2.55. The molecule has 0 atom stereocenters. The highest BCUT2D eigenvalue weighted by Crippen LogP contribution is 2.29. The molecule has 0 saturated carbocycles. The fourth-order valence-electron chi connectivity index (χ4n) is 2.31. The van der Waals surface area contributed by atoms with Crippen LogP contribution >= 0.6 is 35.3 Å². The van der Waals surface area contributed by atoms with Crippen molar-refractivity contribution >= 4 is 47.0 Å². The molecule has 3 aromatic rings. The summed E-state index contributed by atoms with van der Waals surface area (Å²) in [7, 11) is 4.91. The van der Waals surface area contributed by atoms with Gasteiger partial charge in [0, 0.05) is 18.8 Å². The third-order valence-electron chi connectivity index (χ3n) is 3.59. The Morgan fingerprint density at radius 1 is 1.22 bits per heavy atom. The largest absolute Gasteiger partial charge is 0.493 e. The molecule has 144 valence electrons. The second-order valence-corrected chi connectivity index (χ2v) is 6.19. The smallest absolute Gasteiger partial charge is 0.236 e. The van der Waals surface area contributed by atoms with Crippen molar-refractivity contribution < 1.29 is 13.9 Å². The average Bonchev–Trinajstić information content (AvgIpc) is 3.36. The molecule has 0 radical (unpaired) electrons. The summed E-state index contributed by atoms with van der Waals surface area (Å²) in [5.41, 5.74) is 1.62. The van der Waals surface area contributed by atoms with Crippen LogP contribution in [-0.4, -0.2) is 32.2 Å². The molecule has 0 amide bonds. The summed E-state index contributed by atoms with van der Waals surface area (Å²) in [6.07, 6.45) is 1.64. The lowest BCUT2D eigenvalue weighted by Gasteiger charge is -2.13. The number of thiophene rings is 1. The summed E-state index contributed by atoms with van der Waals surface area (Å²) in [5, 5.41) is 8.41. The number of anilines is 1. The van der Waals surface area contributed by atoms with Crippen molar-refractivity contribution in [3.8, 4) is 22.3 Å². The van der Waals surface area contributed by atoms with Crippen LogP contribution in [0.25, 0.3) is 10.8 Å². The minimum atomic E-state index is 0. The molecular formula is C18H21IN4O3S. The van der Waals surface area contributed by atoms with Crippen LogP contribution in [0.3, 0.4) is 0 Å². The highest BCUT2D eigenvalue weighted by Gasteiger charge is 2.09. The van der Waals surface area contributed by atoms with Crippen molar-refractivity contribution in [1.29, 1.82) is 0 Å². The molecule has 1 aromatic carbocycles. The van der Waals surface area contributed by atoms with Crippen LogP contribution in [-0.2, 0) is 6.54 Å². The minimum Gasteiger partial charge on any atom is -0.493 e. The first-order chi connectivity index (χ1) is 12.7. The molecular weight excluding hydrogens is 479 g/mol. The van der Waals surface area contributed by atoms with E-state index in [2.05, 4.69) is 20.6 Å². The van der Waals surface area contributed by atoms with E-state index in [4.69, 9.17) is 13.9 Å². The molecule has 9 heteroatoms. The van der Waals surface area contributed by atoms with E-state index in [1.807, 2.05) is 35.7 Å². The molecule has 0 saturated heterocycles. The first kappa shape index (κ1) is 21.0. The summed E-state index contributed by atoms with van der Waals surface area (Å²) in [4.78, 5) is 9.70. The first-order valence-corrected chi connectivity index (χ1v) is 8.79. The van der Waals surface area contributed by atoms with Gasteiger partial charge < -0.3 is 24.5 Å². The number of benzene rings is 1. The van der Waals surface area contributed by atoms with Crippen LogP contribution < -0.4 is 20.1 Å². The van der Waals surface area contributed by atoms with Gasteiger partial charge in [-0.3, -0.25) is 4.99 Å². The van der Waals surface area contributed by atoms with Gasteiger partial charge in [0.15, 0.2) is 17.5 Å². The second kappa shape index (κ2) is 10.2. The number of methoxy groups -OCH3 is 2. The summed E-state index contributed by atoms with van der Waals surface area (Å²) in [6, 6.07) is 9.51. The second-order valence-electron chi connectivity index (χ2n) is 5.24. The minimum absolute atomic E-state index is 0. The number of aliphatic imine (C=N–C) groups is 1. The number of halogens is 1. The third-order valence-corrected chi connectivity index (χ3v) is 4.45. The van der Waals surface area contributed by atoms with Crippen molar-refractivity contribution in [1.82, 2.24) is 10.3 Å². The highest BCUT2D eigenvalue weighted by atomic mass is 127. The Morgan fingerprint density at radius 2 is 2.04 bits per heavy atom. The van der Waals surface area contributed by atoms with Crippen LogP contribution in [0.4, 0.5) is 5.69 Å². The predicted molar refractivity (Wildman–Crippen MR) is 119 cm³/mol. The highest BCUT2D eigenvalue weighted by molar-refractivity contribution is 14.0. The number of ether oxygens (including phenoxy) is 2. The van der Waals surface area contributed by atoms with E-state index in [9.17, 15) is 0 Å². The van der Waals surface area contributed by atoms with Gasteiger partial charge in [-0.05, 0) is 23.6 Å². The topological polar surface area (TPSA) is 80.9 Å². The lowest BCUT2D eigenvalue weighted by molar-refractivity contribution is 0.355. The van der Waals surface area contributed by atoms with Gasteiger partial charge in [0.2, 0.25) is 5.89 Å². The van der Waals surface area contributed by atoms with Crippen LogP contribution in [0.15, 0.2) is 51.4 Å². The van der Waals surface area contributed by atoms with Gasteiger partial charge in [0.1, 0.15) is 6.26 Å². The Hall–Kier alpha value is -2.27. The Kier molecular flexibility index (Phi) is 7.92. The Labute approximate surface area is 178 Å². The quantitative estimate of drug-likeness (QED) is 0.300. The average molecular weight is 500 g/mol. The Morgan fingerprint density at radius 3 is 2.70 bits per heavy atom. The number of nitrogens with zero attached hydrogens (tertiary/aromatic N) is 2. The van der Waals surface area contributed by atoms with E-state index in [1.165, 1.54) is 0 Å². The van der Waals surface area contributed by atoms with Gasteiger partial charge in [-0.25, -0.2) is 4.98 Å². The third kappa shape index (κ3) is 5.36. The number of nitrogens with one attached hydrogen (secondary N) is 2. The van der Waals surface area contributed by atoms with Crippen LogP contribution in [0.1, 0.15) is 5.69 Å². The number of hydrogen-bond donors (Lipinski definition) is 2. The number of guanidine groups is 1. The number of hydrogen-bond acceptors (Lipinski definition) is 6. The summed E-state index contributed by atoms with van der Waals surface area (Å²) < 4.78 is 16.1. The van der Waals surface area contributed by atoms with Gasteiger partial charge in [-0.1, -0.05) is 6.07 Å². The summed E-state index contributed by atoms with van der Waals surface area (Å²) in [6.45, 7) is 0.488. The molecule has 0 fully saturated rings. The number of oxazole rings is 1. The van der Waals surface area contributed by atoms with Gasteiger partial charge in [0.05, 0.1) is 31.3 Å². The van der Waals surface area contributed by atoms with Crippen molar-refractivity contribution in [2.24, 2.45) is 4.99 Å². The number of rotatable bonds is 6. The lowest BCUT2D eigenvalue weighted by atomic mass is 10.3. The monoisotopic (exact) mass is 500 g/mol. The van der Waals surface area contributed by atoms with E-state index in [0.717, 1.165) is 16.3 Å². The fraction of sp³-hybridized carbons (Fsp3) is 0.222. The van der Waals surface area contributed by atoms with Crippen molar-refractivity contribution in [2.45, 2.75) is 6.54 Å². The van der Waals surface area contributed by atoms with E-state index < -0.39 is 0 Å². The molecule has 2 aromatic heterocycles. The molecule has 2 heterocycles. The molecule has 27 heavy (non-hydrogen) atoms. The van der Waals surface area contributed by atoms with Gasteiger partial charge in [-0.15, -0.1) is 35.3 Å². The lowest BCUT2D eigenvalue weighted by Crippen LogP contribution is -2.30. The van der Waals surface area contributed by atoms with Crippen molar-refractivity contribution in [2.75, 3.05) is 26.6 Å². The van der Waals surface area contributed by atoms with E-state index in [-0.39, 0.29) is 24.0 Å². The SMILES string of the molecule is CN=C(NCc1coc(-c2cccs2)n1)Nc1ccc(OC)c(OC)c1.I. The Balaban J connectivity index is 0.00000261. The zero-order valence-corrected chi connectivity index (χ0v) is 18.3. The molecule has 3 rings (SSSR count). The maximum Gasteiger partial charge on any atom is 0.236 e. The van der Waals surface area contributed by atoms with E-state index >= 15 is 0 Å². The molecule has 7 nitrogen and oxygen atoms in total. The molecule has 2 N–H and O–H groups in total. The first-order valence-electron chi connectivity index (χ1n) is 7.91. The Bertz CT molecular complexity index is 881. The van der Waals surface area contributed by atoms with Crippen LogP contribution in [0.5, 0.6) is 11.5 Å². The number of aromatic nitrogens is 1. The summed E-state index contributed by atoms with van der Waals surface area (Å²) >= 11 is 1.59. The molecule has 0 aliphatic carbocycles. The van der Waals surface area contributed by atoms with E-state index in [1.54, 1.807) is 38.9 Å². The molecule has 0 bridgehead atoms. The molecule has 0 unspecified atom stereocenters. The van der Waals surface area contributed by atoms with Crippen LogP contribution in [0, 0.1) is 0 Å². The van der Waals surface area contributed by atoms with Crippen molar-refractivity contribution in [3.05, 3.63) is 47.7 Å². The zero-order chi connectivity index (χ0) is 18.4. The van der Waals surface area contributed by atoms with Gasteiger partial charge in [-0.2, -0.15) is 0 Å². The fourth-order valence-corrected chi connectivity index (χ4v) is 2.96. The van der Waals surface area contributed by atoms with Gasteiger partial charge in [0.25, 0.3) is 0 Å². The van der Waals surface area contributed by atoms with Gasteiger partial charge >= 0.3 is 0 Å². The zero-order valence-electron chi connectivity index (χ0n) is 15.2. The van der Waals surface area contributed by atoms with E-state index in [0.29, 0.717) is 29.9 Å². The van der Waals surface area contributed by atoms with Crippen LogP contribution in [0.2, 0.25) is 0 Å². The maximum atomic E-state index is 5.52. The molecule has 0 aliphatic heterocycles. The normalized spacial score (nSPS) is 10.9. The molecule has 0 aliphatic rings. The molecule has 0 spiro atoms. The predicted octanol–water partition coefficient (Wildman–Crippen LogP) is 4.23. The standard InChI is InChI=1S/C18H20N4O3S.HI/c1-19-18(22-12-6-7-14(23-2)15(9-12)24-3)20-10-13-11-25-17(21-13)16-5-4-8-26-16;/h4-9,11H,10H2,1-3H3,(H2,19,20,22);1H.